The van der Waals surface area contributed by atoms with Crippen LogP contribution in [0.3, 0.4) is 0 Å². The second-order valence-corrected chi connectivity index (χ2v) is 4.60. The summed E-state index contributed by atoms with van der Waals surface area (Å²) in [5.41, 5.74) is 2.76. The van der Waals surface area contributed by atoms with Crippen LogP contribution < -0.4 is 0 Å². The molecule has 2 atom stereocenters. The molecule has 0 aromatic heterocycles. The zero-order valence-corrected chi connectivity index (χ0v) is 9.96. The molecule has 2 rings (SSSR count). The first-order valence-electron chi connectivity index (χ1n) is 5.03. The van der Waals surface area contributed by atoms with Crippen LogP contribution in [0.25, 0.3) is 0 Å². The molecule has 14 heavy (non-hydrogen) atoms. The highest BCUT2D eigenvalue weighted by atomic mass is 79.9. The molecule has 1 saturated heterocycles. The predicted octanol–water partition coefficient (Wildman–Crippen LogP) is 3.26. The quantitative estimate of drug-likeness (QED) is 0.737. The summed E-state index contributed by atoms with van der Waals surface area (Å²) in [4.78, 5) is 0. The Morgan fingerprint density at radius 1 is 1.50 bits per heavy atom. The molecular formula is C12H15BrO. The van der Waals surface area contributed by atoms with Gasteiger partial charge in [0.05, 0.1) is 12.7 Å². The van der Waals surface area contributed by atoms with E-state index in [1.54, 1.807) is 0 Å². The summed E-state index contributed by atoms with van der Waals surface area (Å²) in [5.74, 6) is 0.595. The topological polar surface area (TPSA) is 9.23 Å². The van der Waals surface area contributed by atoms with Gasteiger partial charge in [-0.2, -0.15) is 0 Å². The number of benzene rings is 1. The van der Waals surface area contributed by atoms with Crippen LogP contribution in [-0.2, 0) is 4.74 Å². The van der Waals surface area contributed by atoms with Crippen molar-refractivity contribution < 1.29 is 4.74 Å². The van der Waals surface area contributed by atoms with Gasteiger partial charge >= 0.3 is 0 Å². The lowest BCUT2D eigenvalue weighted by atomic mass is 9.95. The van der Waals surface area contributed by atoms with Gasteiger partial charge in [0.15, 0.2) is 0 Å². The molecule has 2 heteroatoms. The summed E-state index contributed by atoms with van der Waals surface area (Å²) >= 11 is 3.47. The maximum Gasteiger partial charge on any atom is 0.0678 e. The third-order valence-electron chi connectivity index (χ3n) is 2.77. The van der Waals surface area contributed by atoms with E-state index >= 15 is 0 Å². The summed E-state index contributed by atoms with van der Waals surface area (Å²) in [6.07, 6.45) is 1.55. The van der Waals surface area contributed by atoms with Gasteiger partial charge in [-0.15, -0.1) is 0 Å². The second-order valence-electron chi connectivity index (χ2n) is 3.96. The Labute approximate surface area is 93.6 Å². The first-order valence-corrected chi connectivity index (χ1v) is 6.16. The van der Waals surface area contributed by atoms with Crippen molar-refractivity contribution in [2.24, 2.45) is 0 Å². The fourth-order valence-corrected chi connectivity index (χ4v) is 2.42. The molecule has 0 spiro atoms. The standard InChI is InChI=1S/C12H15BrO/c1-9-3-2-4-10(5-9)11-6-12(7-13)14-8-11/h2-5,11-12H,6-8H2,1H3/t11-,12+/m0/s1. The van der Waals surface area contributed by atoms with Gasteiger partial charge in [0.1, 0.15) is 0 Å². The molecule has 0 N–H and O–H groups in total. The molecule has 0 aliphatic carbocycles. The Hall–Kier alpha value is -0.340. The van der Waals surface area contributed by atoms with Crippen molar-refractivity contribution in [2.75, 3.05) is 11.9 Å². The third-order valence-corrected chi connectivity index (χ3v) is 3.49. The van der Waals surface area contributed by atoms with Crippen molar-refractivity contribution in [1.29, 1.82) is 0 Å². The van der Waals surface area contributed by atoms with Crippen molar-refractivity contribution >= 4 is 15.9 Å². The van der Waals surface area contributed by atoms with E-state index in [1.807, 2.05) is 0 Å². The second kappa shape index (κ2) is 4.45. The van der Waals surface area contributed by atoms with E-state index in [9.17, 15) is 0 Å². The van der Waals surface area contributed by atoms with Crippen molar-refractivity contribution in [1.82, 2.24) is 0 Å². The van der Waals surface area contributed by atoms with Crippen LogP contribution in [0.1, 0.15) is 23.5 Å². The average molecular weight is 255 g/mol. The van der Waals surface area contributed by atoms with Crippen molar-refractivity contribution in [2.45, 2.75) is 25.4 Å². The molecule has 1 aliphatic heterocycles. The van der Waals surface area contributed by atoms with Crippen LogP contribution in [0.2, 0.25) is 0 Å². The van der Waals surface area contributed by atoms with E-state index < -0.39 is 0 Å². The van der Waals surface area contributed by atoms with Gasteiger partial charge in [0.2, 0.25) is 0 Å². The largest absolute Gasteiger partial charge is 0.377 e. The van der Waals surface area contributed by atoms with Gasteiger partial charge in [-0.05, 0) is 18.9 Å². The maximum absolute atomic E-state index is 5.66. The molecule has 1 aliphatic rings. The Kier molecular flexibility index (Phi) is 3.24. The summed E-state index contributed by atoms with van der Waals surface area (Å²) in [5, 5.41) is 0.954. The molecule has 1 fully saturated rings. The van der Waals surface area contributed by atoms with Gasteiger partial charge in [0, 0.05) is 11.2 Å². The third kappa shape index (κ3) is 2.18. The van der Waals surface area contributed by atoms with Crippen LogP contribution in [0.15, 0.2) is 24.3 Å². The Balaban J connectivity index is 2.09. The fourth-order valence-electron chi connectivity index (χ4n) is 1.97. The fraction of sp³-hybridized carbons (Fsp3) is 0.500. The summed E-state index contributed by atoms with van der Waals surface area (Å²) in [6, 6.07) is 8.75. The SMILES string of the molecule is Cc1cccc([C@@H]2CO[C@@H](CBr)C2)c1. The molecule has 0 bridgehead atoms. The van der Waals surface area contributed by atoms with Crippen molar-refractivity contribution in [3.63, 3.8) is 0 Å². The van der Waals surface area contributed by atoms with Crippen LogP contribution in [0, 0.1) is 6.92 Å². The molecule has 0 saturated carbocycles. The van der Waals surface area contributed by atoms with Crippen molar-refractivity contribution in [3.8, 4) is 0 Å². The lowest BCUT2D eigenvalue weighted by Gasteiger charge is -2.08. The highest BCUT2D eigenvalue weighted by Crippen LogP contribution is 2.30. The normalized spacial score (nSPS) is 26.7. The monoisotopic (exact) mass is 254 g/mol. The zero-order valence-electron chi connectivity index (χ0n) is 8.37. The molecule has 1 aromatic carbocycles. The molecule has 1 aromatic rings. The van der Waals surface area contributed by atoms with E-state index in [0.29, 0.717) is 12.0 Å². The van der Waals surface area contributed by atoms with Crippen molar-refractivity contribution in [3.05, 3.63) is 35.4 Å². The molecule has 1 heterocycles. The minimum Gasteiger partial charge on any atom is -0.377 e. The Morgan fingerprint density at radius 3 is 3.00 bits per heavy atom. The first kappa shape index (κ1) is 10.2. The van der Waals surface area contributed by atoms with Gasteiger partial charge in [-0.3, -0.25) is 0 Å². The summed E-state index contributed by atoms with van der Waals surface area (Å²) < 4.78 is 5.66. The number of halogens is 1. The van der Waals surface area contributed by atoms with E-state index in [-0.39, 0.29) is 0 Å². The lowest BCUT2D eigenvalue weighted by molar-refractivity contribution is 0.127. The number of ether oxygens (including phenoxy) is 1. The Morgan fingerprint density at radius 2 is 2.36 bits per heavy atom. The van der Waals surface area contributed by atoms with Crippen LogP contribution in [0.5, 0.6) is 0 Å². The summed E-state index contributed by atoms with van der Waals surface area (Å²) in [7, 11) is 0. The molecule has 76 valence electrons. The smallest absolute Gasteiger partial charge is 0.0678 e. The van der Waals surface area contributed by atoms with Gasteiger partial charge in [0.25, 0.3) is 0 Å². The van der Waals surface area contributed by atoms with Crippen LogP contribution in [-0.4, -0.2) is 18.0 Å². The van der Waals surface area contributed by atoms with Crippen LogP contribution >= 0.6 is 15.9 Å². The highest BCUT2D eigenvalue weighted by Gasteiger charge is 2.25. The lowest BCUT2D eigenvalue weighted by Crippen LogP contribution is -2.05. The molecule has 1 nitrogen and oxygen atoms in total. The van der Waals surface area contributed by atoms with Gasteiger partial charge < -0.3 is 4.74 Å². The molecular weight excluding hydrogens is 240 g/mol. The number of hydrogen-bond acceptors (Lipinski definition) is 1. The van der Waals surface area contributed by atoms with E-state index in [4.69, 9.17) is 4.74 Å². The molecule has 0 amide bonds. The Bertz CT molecular complexity index is 311. The van der Waals surface area contributed by atoms with Gasteiger partial charge in [-0.1, -0.05) is 45.8 Å². The predicted molar refractivity (Wildman–Crippen MR) is 62.1 cm³/mol. The number of alkyl halides is 1. The van der Waals surface area contributed by atoms with E-state index in [0.717, 1.165) is 18.4 Å². The number of hydrogen-bond donors (Lipinski definition) is 0. The van der Waals surface area contributed by atoms with Gasteiger partial charge in [-0.25, -0.2) is 0 Å². The van der Waals surface area contributed by atoms with E-state index in [2.05, 4.69) is 47.1 Å². The minimum absolute atomic E-state index is 0.403. The summed E-state index contributed by atoms with van der Waals surface area (Å²) in [6.45, 7) is 3.01. The van der Waals surface area contributed by atoms with Crippen LogP contribution in [0.4, 0.5) is 0 Å². The zero-order chi connectivity index (χ0) is 9.97. The number of rotatable bonds is 2. The molecule has 0 unspecified atom stereocenters. The average Bonchev–Trinajstić information content (AvgIpc) is 2.66. The van der Waals surface area contributed by atoms with E-state index in [1.165, 1.54) is 11.1 Å². The highest BCUT2D eigenvalue weighted by molar-refractivity contribution is 9.09. The maximum atomic E-state index is 5.66. The first-order chi connectivity index (χ1) is 6.79. The molecule has 0 radical (unpaired) electrons. The number of aryl methyl sites for hydroxylation is 1. The minimum atomic E-state index is 0.403.